The van der Waals surface area contributed by atoms with Gasteiger partial charge in [0, 0.05) is 67.1 Å². The van der Waals surface area contributed by atoms with Crippen LogP contribution in [0, 0.1) is 10.1 Å². The van der Waals surface area contributed by atoms with Gasteiger partial charge in [-0.15, -0.1) is 0 Å². The Morgan fingerprint density at radius 2 is 1.61 bits per heavy atom. The molecule has 0 aromatic heterocycles. The number of non-ortho nitro benzene ring substituents is 1. The summed E-state index contributed by atoms with van der Waals surface area (Å²) in [6.45, 7) is 3.55. The highest BCUT2D eigenvalue weighted by molar-refractivity contribution is 9.10. The number of halogens is 1. The number of carbonyl (C=O) groups is 2. The van der Waals surface area contributed by atoms with Crippen LogP contribution in [0.4, 0.5) is 5.69 Å². The van der Waals surface area contributed by atoms with E-state index in [0.29, 0.717) is 59.7 Å². The van der Waals surface area contributed by atoms with Gasteiger partial charge < -0.3 is 19.1 Å². The van der Waals surface area contributed by atoms with Crippen LogP contribution in [0.1, 0.15) is 62.5 Å². The Bertz CT molecular complexity index is 1390. The number of ether oxygens (including phenoxy) is 3. The molecule has 1 aliphatic heterocycles. The summed E-state index contributed by atoms with van der Waals surface area (Å²) in [6, 6.07) is 10.00. The van der Waals surface area contributed by atoms with E-state index < -0.39 is 10.8 Å². The lowest BCUT2D eigenvalue weighted by molar-refractivity contribution is -0.384. The van der Waals surface area contributed by atoms with E-state index in [1.165, 1.54) is 12.1 Å². The molecule has 10 heteroatoms. The van der Waals surface area contributed by atoms with Gasteiger partial charge in [0.05, 0.1) is 22.6 Å². The van der Waals surface area contributed by atoms with Gasteiger partial charge >= 0.3 is 0 Å². The molecule has 0 radical (unpaired) electrons. The smallest absolute Gasteiger partial charge is 0.269 e. The number of Topliss-reactive ketones (excluding diaryl/α,β-unsaturated/α-hetero) is 2. The molecular formula is C31H33BrN2O7. The summed E-state index contributed by atoms with van der Waals surface area (Å²) < 4.78 is 18.2. The van der Waals surface area contributed by atoms with Gasteiger partial charge in [0.15, 0.2) is 23.1 Å². The molecule has 0 bridgehead atoms. The highest BCUT2D eigenvalue weighted by Gasteiger charge is 2.43. The maximum Gasteiger partial charge on any atom is 0.269 e. The van der Waals surface area contributed by atoms with Gasteiger partial charge in [-0.2, -0.15) is 0 Å². The summed E-state index contributed by atoms with van der Waals surface area (Å²) in [5, 5.41) is 11.0. The number of allylic oxidation sites excluding steroid dienone is 4. The van der Waals surface area contributed by atoms with Crippen molar-refractivity contribution in [1.29, 1.82) is 0 Å². The zero-order valence-electron chi connectivity index (χ0n) is 23.2. The van der Waals surface area contributed by atoms with Crippen LogP contribution < -0.4 is 9.47 Å². The third kappa shape index (κ3) is 5.81. The van der Waals surface area contributed by atoms with Crippen molar-refractivity contribution in [3.8, 4) is 11.5 Å². The van der Waals surface area contributed by atoms with Crippen LogP contribution in [0.3, 0.4) is 0 Å². The molecule has 0 saturated carbocycles. The molecule has 5 rings (SSSR count). The zero-order chi connectivity index (χ0) is 29.1. The molecule has 0 unspecified atom stereocenters. The van der Waals surface area contributed by atoms with Crippen molar-refractivity contribution in [2.45, 2.75) is 58.0 Å². The molecule has 41 heavy (non-hydrogen) atoms. The van der Waals surface area contributed by atoms with Crippen LogP contribution in [-0.4, -0.2) is 48.3 Å². The Labute approximate surface area is 247 Å². The minimum atomic E-state index is -0.473. The zero-order valence-corrected chi connectivity index (χ0v) is 24.8. The Morgan fingerprint density at radius 1 is 0.976 bits per heavy atom. The minimum absolute atomic E-state index is 0.0134. The van der Waals surface area contributed by atoms with E-state index in [1.807, 2.05) is 19.1 Å². The number of hydrogen-bond acceptors (Lipinski definition) is 8. The van der Waals surface area contributed by atoms with Gasteiger partial charge in [0.2, 0.25) is 0 Å². The van der Waals surface area contributed by atoms with E-state index in [4.69, 9.17) is 14.2 Å². The van der Waals surface area contributed by atoms with E-state index in [2.05, 4.69) is 20.8 Å². The van der Waals surface area contributed by atoms with Gasteiger partial charge in [-0.3, -0.25) is 19.7 Å². The summed E-state index contributed by atoms with van der Waals surface area (Å²) in [7, 11) is 1.66. The molecule has 2 aromatic carbocycles. The molecule has 9 nitrogen and oxygen atoms in total. The van der Waals surface area contributed by atoms with E-state index in [9.17, 15) is 19.7 Å². The summed E-state index contributed by atoms with van der Waals surface area (Å²) in [4.78, 5) is 39.8. The molecule has 0 fully saturated rings. The average molecular weight is 626 g/mol. The highest BCUT2D eigenvalue weighted by Crippen LogP contribution is 2.51. The standard InChI is InChI=1S/C31H33BrN2O7/c1-3-40-27-17-20(16-22(32)31(27)41-18-19-10-12-21(13-11-19)34(37)38)28-29-23(6-4-8-25(29)35)33(14-15-39-2)24-7-5-9-26(36)30(24)28/h10-13,16-17,28H,3-9,14-15,18H2,1-2H3. The number of hydrogen-bond donors (Lipinski definition) is 0. The lowest BCUT2D eigenvalue weighted by Crippen LogP contribution is -2.40. The number of nitro benzene ring substituents is 1. The van der Waals surface area contributed by atoms with Gasteiger partial charge in [-0.25, -0.2) is 0 Å². The number of rotatable bonds is 10. The molecule has 2 aliphatic carbocycles. The second-order valence-electron chi connectivity index (χ2n) is 10.3. The lowest BCUT2D eigenvalue weighted by atomic mass is 9.71. The van der Waals surface area contributed by atoms with Crippen molar-refractivity contribution in [3.05, 3.63) is 84.7 Å². The lowest BCUT2D eigenvalue weighted by Gasteiger charge is -2.44. The predicted molar refractivity (Wildman–Crippen MR) is 156 cm³/mol. The summed E-state index contributed by atoms with van der Waals surface area (Å²) >= 11 is 3.67. The Kier molecular flexibility index (Phi) is 8.89. The molecule has 0 spiro atoms. The van der Waals surface area contributed by atoms with Crippen LogP contribution in [0.2, 0.25) is 0 Å². The minimum Gasteiger partial charge on any atom is -0.490 e. The maximum atomic E-state index is 13.5. The fourth-order valence-corrected chi connectivity index (χ4v) is 6.60. The SMILES string of the molecule is CCOc1cc(C2C3=C(CCCC3=O)N(CCOC)C3=C2C(=O)CCC3)cc(Br)c1OCc1ccc([N+](=O)[O-])cc1. The molecule has 2 aromatic rings. The van der Waals surface area contributed by atoms with Crippen LogP contribution in [0.25, 0.3) is 0 Å². The second-order valence-corrected chi connectivity index (χ2v) is 11.2. The molecule has 0 N–H and O–H groups in total. The Balaban J connectivity index is 1.56. The molecule has 0 saturated heterocycles. The first kappa shape index (κ1) is 29.0. The molecule has 1 heterocycles. The topological polar surface area (TPSA) is 108 Å². The number of carbonyl (C=O) groups excluding carboxylic acids is 2. The second kappa shape index (κ2) is 12.6. The normalized spacial score (nSPS) is 17.5. The number of benzene rings is 2. The quantitative estimate of drug-likeness (QED) is 0.221. The molecular weight excluding hydrogens is 592 g/mol. The summed E-state index contributed by atoms with van der Waals surface area (Å²) in [6.07, 6.45) is 4.05. The van der Waals surface area contributed by atoms with Crippen molar-refractivity contribution >= 4 is 33.2 Å². The number of nitrogens with zero attached hydrogens (tertiary/aromatic N) is 2. The van der Waals surface area contributed by atoms with Crippen LogP contribution in [0.5, 0.6) is 11.5 Å². The van der Waals surface area contributed by atoms with Crippen LogP contribution >= 0.6 is 15.9 Å². The van der Waals surface area contributed by atoms with E-state index >= 15 is 0 Å². The van der Waals surface area contributed by atoms with Crippen molar-refractivity contribution in [3.63, 3.8) is 0 Å². The van der Waals surface area contributed by atoms with Crippen molar-refractivity contribution in [2.75, 3.05) is 26.9 Å². The molecule has 0 amide bonds. The van der Waals surface area contributed by atoms with Gasteiger partial charge in [0.25, 0.3) is 5.69 Å². The van der Waals surface area contributed by atoms with Crippen molar-refractivity contribution in [1.82, 2.24) is 4.90 Å². The van der Waals surface area contributed by atoms with Crippen molar-refractivity contribution < 1.29 is 28.7 Å². The van der Waals surface area contributed by atoms with Gasteiger partial charge in [-0.05, 0) is 83.9 Å². The van der Waals surface area contributed by atoms with Gasteiger partial charge in [-0.1, -0.05) is 0 Å². The van der Waals surface area contributed by atoms with E-state index in [-0.39, 0.29) is 23.9 Å². The average Bonchev–Trinajstić information content (AvgIpc) is 2.95. The van der Waals surface area contributed by atoms with Crippen molar-refractivity contribution in [2.24, 2.45) is 0 Å². The molecule has 216 valence electrons. The monoisotopic (exact) mass is 624 g/mol. The summed E-state index contributed by atoms with van der Waals surface area (Å²) in [5.41, 5.74) is 5.00. The Hall–Kier alpha value is -3.50. The van der Waals surface area contributed by atoms with E-state index in [0.717, 1.165) is 48.2 Å². The largest absolute Gasteiger partial charge is 0.490 e. The first-order valence-electron chi connectivity index (χ1n) is 13.9. The van der Waals surface area contributed by atoms with E-state index in [1.54, 1.807) is 19.2 Å². The summed E-state index contributed by atoms with van der Waals surface area (Å²) in [5.74, 6) is 0.669. The predicted octanol–water partition coefficient (Wildman–Crippen LogP) is 6.39. The van der Waals surface area contributed by atoms with Crippen LogP contribution in [-0.2, 0) is 20.9 Å². The van der Waals surface area contributed by atoms with Crippen LogP contribution in [0.15, 0.2) is 63.4 Å². The first-order chi connectivity index (χ1) is 19.8. The highest BCUT2D eigenvalue weighted by atomic mass is 79.9. The third-order valence-corrected chi connectivity index (χ3v) is 8.39. The number of nitro groups is 1. The molecule has 3 aliphatic rings. The fraction of sp³-hybridized carbons (Fsp3) is 0.419. The third-order valence-electron chi connectivity index (χ3n) is 7.80. The first-order valence-corrected chi connectivity index (χ1v) is 14.7. The number of methoxy groups -OCH3 is 1. The molecule has 0 atom stereocenters. The number of ketones is 2. The maximum absolute atomic E-state index is 13.5. The fourth-order valence-electron chi connectivity index (χ4n) is 6.03. The Morgan fingerprint density at radius 3 is 2.17 bits per heavy atom. The van der Waals surface area contributed by atoms with Gasteiger partial charge in [0.1, 0.15) is 6.61 Å².